The highest BCUT2D eigenvalue weighted by Crippen LogP contribution is 2.29. The molecule has 3 atom stereocenters. The van der Waals surface area contributed by atoms with Crippen LogP contribution in [0.3, 0.4) is 0 Å². The van der Waals surface area contributed by atoms with Crippen molar-refractivity contribution in [3.8, 4) is 5.75 Å². The van der Waals surface area contributed by atoms with Crippen molar-refractivity contribution in [2.24, 2.45) is 11.7 Å². The van der Waals surface area contributed by atoms with Gasteiger partial charge in [-0.25, -0.2) is 5.01 Å². The van der Waals surface area contributed by atoms with Gasteiger partial charge in [-0.05, 0) is 30.7 Å². The van der Waals surface area contributed by atoms with Crippen molar-refractivity contribution < 1.29 is 14.3 Å². The first-order valence-corrected chi connectivity index (χ1v) is 10.6. The molecule has 2 amide bonds. The maximum atomic E-state index is 12.0. The van der Waals surface area contributed by atoms with E-state index in [1.165, 1.54) is 0 Å². The van der Waals surface area contributed by atoms with Gasteiger partial charge in [-0.3, -0.25) is 14.6 Å². The van der Waals surface area contributed by atoms with Crippen molar-refractivity contribution in [3.63, 3.8) is 0 Å². The number of hydrogen-bond donors (Lipinski definition) is 2. The molecule has 3 rings (SSSR count). The highest BCUT2D eigenvalue weighted by molar-refractivity contribution is 5.88. The van der Waals surface area contributed by atoms with Crippen molar-refractivity contribution in [3.05, 3.63) is 42.5 Å². The average molecular weight is 413 g/mol. The Morgan fingerprint density at radius 3 is 2.70 bits per heavy atom. The van der Waals surface area contributed by atoms with E-state index in [1.807, 2.05) is 36.2 Å². The first kappa shape index (κ1) is 22.1. The Hall–Kier alpha value is -2.64. The van der Waals surface area contributed by atoms with Crippen LogP contribution in [0.15, 0.2) is 42.5 Å². The lowest BCUT2D eigenvalue weighted by Crippen LogP contribution is -2.54. The summed E-state index contributed by atoms with van der Waals surface area (Å²) in [4.78, 5) is 23.6. The number of nitrogens with zero attached hydrogens (tertiary/aromatic N) is 2. The predicted molar refractivity (Wildman–Crippen MR) is 118 cm³/mol. The van der Waals surface area contributed by atoms with Crippen LogP contribution < -0.4 is 15.8 Å². The van der Waals surface area contributed by atoms with Crippen LogP contribution in [-0.2, 0) is 9.59 Å². The fourth-order valence-electron chi connectivity index (χ4n) is 4.16. The number of hydrazine groups is 1. The maximum Gasteiger partial charge on any atom is 0.233 e. The highest BCUT2D eigenvalue weighted by atomic mass is 16.5. The molecule has 1 fully saturated rings. The Morgan fingerprint density at radius 2 is 2.00 bits per heavy atom. The smallest absolute Gasteiger partial charge is 0.233 e. The zero-order valence-electron chi connectivity index (χ0n) is 18.0. The monoisotopic (exact) mass is 412 g/mol. The van der Waals surface area contributed by atoms with E-state index in [2.05, 4.69) is 37.4 Å². The number of carbonyl (C=O) groups is 2. The second-order valence-corrected chi connectivity index (χ2v) is 8.20. The second-order valence-electron chi connectivity index (χ2n) is 8.20. The number of nitrogens with one attached hydrogen (secondary N) is 1. The van der Waals surface area contributed by atoms with Crippen LogP contribution in [0.2, 0.25) is 0 Å². The Morgan fingerprint density at radius 1 is 1.27 bits per heavy atom. The summed E-state index contributed by atoms with van der Waals surface area (Å²) in [6, 6.07) is 14.0. The summed E-state index contributed by atoms with van der Waals surface area (Å²) in [5, 5.41) is 8.79. The minimum absolute atomic E-state index is 0.00724. The average Bonchev–Trinajstić information content (AvgIpc) is 3.20. The third-order valence-electron chi connectivity index (χ3n) is 5.71. The number of hydrogen-bond acceptors (Lipinski definition) is 5. The number of nitrogens with two attached hydrogens (primary N) is 1. The topological polar surface area (TPSA) is 87.9 Å². The standard InChI is InChI=1S/C23H32N4O3/c1-16(2)23(30-21-10-6-8-18-7-4-5-9-20(18)21)17(3)27(15-28)26-12-11-19(14-26)25-22(29)13-24/h4-10,15-17,19,23H,11-14,24H2,1-3H3,(H,25,29)/t17?,19-,23?/m0/s1. The largest absolute Gasteiger partial charge is 0.487 e. The lowest BCUT2D eigenvalue weighted by atomic mass is 10.00. The van der Waals surface area contributed by atoms with Crippen molar-refractivity contribution >= 4 is 23.1 Å². The lowest BCUT2D eigenvalue weighted by molar-refractivity contribution is -0.144. The molecule has 7 nitrogen and oxygen atoms in total. The molecule has 0 aliphatic carbocycles. The van der Waals surface area contributed by atoms with Crippen molar-refractivity contribution in [1.29, 1.82) is 0 Å². The quantitative estimate of drug-likeness (QED) is 0.616. The van der Waals surface area contributed by atoms with E-state index in [-0.39, 0.29) is 36.6 Å². The van der Waals surface area contributed by atoms with Crippen LogP contribution in [0, 0.1) is 5.92 Å². The molecule has 0 bridgehead atoms. The maximum absolute atomic E-state index is 12.0. The van der Waals surface area contributed by atoms with Crippen LogP contribution in [0.5, 0.6) is 5.75 Å². The minimum atomic E-state index is -0.196. The fourth-order valence-corrected chi connectivity index (χ4v) is 4.16. The first-order chi connectivity index (χ1) is 14.4. The van der Waals surface area contributed by atoms with Crippen LogP contribution in [0.4, 0.5) is 0 Å². The molecule has 2 aromatic carbocycles. The SMILES string of the molecule is CC(C)C(Oc1cccc2ccccc12)C(C)N(C=O)N1CC[C@H](NC(=O)CN)C1. The molecule has 1 aliphatic heterocycles. The van der Waals surface area contributed by atoms with Gasteiger partial charge in [0.25, 0.3) is 0 Å². The molecule has 1 saturated heterocycles. The van der Waals surface area contributed by atoms with Gasteiger partial charge in [0.1, 0.15) is 11.9 Å². The van der Waals surface area contributed by atoms with Crippen molar-refractivity contribution in [2.45, 2.75) is 45.4 Å². The van der Waals surface area contributed by atoms with Crippen molar-refractivity contribution in [2.75, 3.05) is 19.6 Å². The lowest BCUT2D eigenvalue weighted by Gasteiger charge is -2.39. The Kier molecular flexibility index (Phi) is 7.29. The van der Waals surface area contributed by atoms with Gasteiger partial charge in [0.15, 0.2) is 0 Å². The third-order valence-corrected chi connectivity index (χ3v) is 5.71. The molecule has 2 unspecified atom stereocenters. The number of rotatable bonds is 9. The van der Waals surface area contributed by atoms with Gasteiger partial charge >= 0.3 is 0 Å². The molecule has 7 heteroatoms. The van der Waals surface area contributed by atoms with E-state index in [0.29, 0.717) is 13.1 Å². The molecule has 162 valence electrons. The van der Waals surface area contributed by atoms with E-state index in [1.54, 1.807) is 5.01 Å². The molecule has 1 aliphatic rings. The summed E-state index contributed by atoms with van der Waals surface area (Å²) >= 11 is 0. The fraction of sp³-hybridized carbons (Fsp3) is 0.478. The van der Waals surface area contributed by atoms with Crippen LogP contribution in [0.1, 0.15) is 27.2 Å². The van der Waals surface area contributed by atoms with Gasteiger partial charge in [0, 0.05) is 24.5 Å². The number of carbonyl (C=O) groups excluding carboxylic acids is 2. The van der Waals surface area contributed by atoms with E-state index in [9.17, 15) is 9.59 Å². The third kappa shape index (κ3) is 4.91. The van der Waals surface area contributed by atoms with E-state index in [0.717, 1.165) is 29.4 Å². The zero-order chi connectivity index (χ0) is 21.7. The van der Waals surface area contributed by atoms with Crippen LogP contribution in [-0.4, -0.2) is 60.2 Å². The second kappa shape index (κ2) is 9.91. The molecule has 0 saturated carbocycles. The van der Waals surface area contributed by atoms with E-state index in [4.69, 9.17) is 10.5 Å². The van der Waals surface area contributed by atoms with Crippen molar-refractivity contribution in [1.82, 2.24) is 15.3 Å². The summed E-state index contributed by atoms with van der Waals surface area (Å²) < 4.78 is 6.49. The molecular weight excluding hydrogens is 380 g/mol. The Balaban J connectivity index is 1.76. The Labute approximate surface area is 178 Å². The highest BCUT2D eigenvalue weighted by Gasteiger charge is 2.35. The van der Waals surface area contributed by atoms with E-state index >= 15 is 0 Å². The van der Waals surface area contributed by atoms with Gasteiger partial charge in [-0.15, -0.1) is 0 Å². The molecule has 2 aromatic rings. The normalized spacial score (nSPS) is 18.9. The van der Waals surface area contributed by atoms with Crippen LogP contribution >= 0.6 is 0 Å². The summed E-state index contributed by atoms with van der Waals surface area (Å²) in [6.45, 7) is 7.45. The minimum Gasteiger partial charge on any atom is -0.487 e. The predicted octanol–water partition coefficient (Wildman–Crippen LogP) is 2.15. The molecule has 3 N–H and O–H groups in total. The zero-order valence-corrected chi connectivity index (χ0v) is 18.0. The number of benzene rings is 2. The number of fused-ring (bicyclic) bond motifs is 1. The van der Waals surface area contributed by atoms with Gasteiger partial charge in [0.05, 0.1) is 12.6 Å². The summed E-state index contributed by atoms with van der Waals surface area (Å²) in [6.07, 6.45) is 1.44. The molecule has 1 heterocycles. The van der Waals surface area contributed by atoms with Gasteiger partial charge in [-0.2, -0.15) is 0 Å². The first-order valence-electron chi connectivity index (χ1n) is 10.6. The molecule has 0 spiro atoms. The number of amides is 2. The van der Waals surface area contributed by atoms with E-state index < -0.39 is 0 Å². The summed E-state index contributed by atoms with van der Waals surface area (Å²) in [7, 11) is 0. The number of ether oxygens (including phenoxy) is 1. The van der Waals surface area contributed by atoms with Gasteiger partial charge in [0.2, 0.25) is 12.3 Å². The molecule has 30 heavy (non-hydrogen) atoms. The molecule has 0 radical (unpaired) electrons. The van der Waals surface area contributed by atoms with Gasteiger partial charge in [-0.1, -0.05) is 50.2 Å². The summed E-state index contributed by atoms with van der Waals surface area (Å²) in [5.74, 6) is 0.836. The van der Waals surface area contributed by atoms with Gasteiger partial charge < -0.3 is 15.8 Å². The summed E-state index contributed by atoms with van der Waals surface area (Å²) in [5.41, 5.74) is 5.40. The Bertz CT molecular complexity index is 867. The molecule has 0 aromatic heterocycles. The molecular formula is C23H32N4O3. The van der Waals surface area contributed by atoms with Crippen LogP contribution in [0.25, 0.3) is 10.8 Å².